The molecule has 1 aliphatic heterocycles. The van der Waals surface area contributed by atoms with Crippen LogP contribution in [-0.4, -0.2) is 40.2 Å². The van der Waals surface area contributed by atoms with E-state index in [-0.39, 0.29) is 0 Å². The van der Waals surface area contributed by atoms with Gasteiger partial charge in [0.1, 0.15) is 17.4 Å². The maximum absolute atomic E-state index is 5.65. The number of hydrogen-bond donors (Lipinski definition) is 3. The maximum Gasteiger partial charge on any atom is 0.229 e. The fraction of sp³-hybridized carbons (Fsp3) is 0.350. The SMILES string of the molecule is CNc1cc(C)nc(Nc2ccc(OC)c(-c3c(C)nc4n3CCNC4)c2)n1. The van der Waals surface area contributed by atoms with Gasteiger partial charge in [-0.05, 0) is 32.0 Å². The lowest BCUT2D eigenvalue weighted by molar-refractivity contribution is 0.415. The second-order valence-corrected chi connectivity index (χ2v) is 6.80. The topological polar surface area (TPSA) is 88.9 Å². The fourth-order valence-electron chi connectivity index (χ4n) is 3.59. The van der Waals surface area contributed by atoms with Gasteiger partial charge in [0.05, 0.1) is 25.0 Å². The molecule has 2 aromatic heterocycles. The number of fused-ring (bicyclic) bond motifs is 1. The number of anilines is 3. The Labute approximate surface area is 164 Å². The zero-order valence-corrected chi connectivity index (χ0v) is 16.6. The average Bonchev–Trinajstić information content (AvgIpc) is 3.03. The van der Waals surface area contributed by atoms with Crippen molar-refractivity contribution in [3.05, 3.63) is 41.5 Å². The zero-order valence-electron chi connectivity index (χ0n) is 16.6. The smallest absolute Gasteiger partial charge is 0.229 e. The monoisotopic (exact) mass is 379 g/mol. The van der Waals surface area contributed by atoms with Crippen LogP contribution in [-0.2, 0) is 13.1 Å². The first-order valence-electron chi connectivity index (χ1n) is 9.34. The molecule has 8 nitrogen and oxygen atoms in total. The summed E-state index contributed by atoms with van der Waals surface area (Å²) in [6.45, 7) is 6.59. The lowest BCUT2D eigenvalue weighted by Gasteiger charge is -2.19. The number of hydrogen-bond acceptors (Lipinski definition) is 7. The van der Waals surface area contributed by atoms with Gasteiger partial charge in [-0.25, -0.2) is 9.97 Å². The van der Waals surface area contributed by atoms with E-state index >= 15 is 0 Å². The minimum atomic E-state index is 0.553. The Hall–Kier alpha value is -3.13. The van der Waals surface area contributed by atoms with Gasteiger partial charge >= 0.3 is 0 Å². The van der Waals surface area contributed by atoms with Crippen molar-refractivity contribution in [1.82, 2.24) is 24.8 Å². The summed E-state index contributed by atoms with van der Waals surface area (Å²) < 4.78 is 7.92. The van der Waals surface area contributed by atoms with E-state index in [0.717, 1.165) is 65.4 Å². The summed E-state index contributed by atoms with van der Waals surface area (Å²) in [5.41, 5.74) is 4.89. The Morgan fingerprint density at radius 3 is 2.79 bits per heavy atom. The van der Waals surface area contributed by atoms with Crippen molar-refractivity contribution in [3.63, 3.8) is 0 Å². The average molecular weight is 379 g/mol. The Bertz CT molecular complexity index is 1010. The minimum absolute atomic E-state index is 0.553. The van der Waals surface area contributed by atoms with Crippen molar-refractivity contribution in [3.8, 4) is 17.0 Å². The molecule has 0 atom stereocenters. The molecule has 1 aromatic carbocycles. The first-order chi connectivity index (χ1) is 13.6. The van der Waals surface area contributed by atoms with Crippen LogP contribution in [0.25, 0.3) is 11.3 Å². The van der Waals surface area contributed by atoms with Gasteiger partial charge in [-0.3, -0.25) is 0 Å². The highest BCUT2D eigenvalue weighted by atomic mass is 16.5. The van der Waals surface area contributed by atoms with Crippen LogP contribution in [0.15, 0.2) is 24.3 Å². The van der Waals surface area contributed by atoms with Gasteiger partial charge in [0.2, 0.25) is 5.95 Å². The van der Waals surface area contributed by atoms with Crippen LogP contribution in [0.4, 0.5) is 17.5 Å². The molecule has 28 heavy (non-hydrogen) atoms. The van der Waals surface area contributed by atoms with Crippen LogP contribution in [0.2, 0.25) is 0 Å². The van der Waals surface area contributed by atoms with Gasteiger partial charge < -0.3 is 25.3 Å². The number of aromatic nitrogens is 4. The molecule has 0 aliphatic carbocycles. The summed E-state index contributed by atoms with van der Waals surface area (Å²) in [7, 11) is 3.54. The fourth-order valence-corrected chi connectivity index (χ4v) is 3.59. The van der Waals surface area contributed by atoms with Gasteiger partial charge in [0.25, 0.3) is 0 Å². The summed E-state index contributed by atoms with van der Waals surface area (Å²) in [6.07, 6.45) is 0. The van der Waals surface area contributed by atoms with Crippen LogP contribution in [0.5, 0.6) is 5.75 Å². The third-order valence-corrected chi connectivity index (χ3v) is 4.84. The van der Waals surface area contributed by atoms with Crippen molar-refractivity contribution >= 4 is 17.5 Å². The van der Waals surface area contributed by atoms with Crippen molar-refractivity contribution < 1.29 is 4.74 Å². The Balaban J connectivity index is 1.76. The van der Waals surface area contributed by atoms with Crippen molar-refractivity contribution in [2.45, 2.75) is 26.9 Å². The molecule has 3 aromatic rings. The van der Waals surface area contributed by atoms with Crippen LogP contribution in [0, 0.1) is 13.8 Å². The van der Waals surface area contributed by atoms with Crippen LogP contribution in [0.3, 0.4) is 0 Å². The first kappa shape index (κ1) is 18.2. The Morgan fingerprint density at radius 2 is 2.00 bits per heavy atom. The summed E-state index contributed by atoms with van der Waals surface area (Å²) in [5, 5.41) is 9.74. The van der Waals surface area contributed by atoms with E-state index in [2.05, 4.69) is 36.6 Å². The highest BCUT2D eigenvalue weighted by molar-refractivity contribution is 5.75. The lowest BCUT2D eigenvalue weighted by Crippen LogP contribution is -2.28. The molecule has 3 N–H and O–H groups in total. The Morgan fingerprint density at radius 1 is 1.14 bits per heavy atom. The van der Waals surface area contributed by atoms with Gasteiger partial charge in [0.15, 0.2) is 0 Å². The maximum atomic E-state index is 5.65. The molecule has 0 amide bonds. The van der Waals surface area contributed by atoms with Gasteiger partial charge in [-0.15, -0.1) is 0 Å². The van der Waals surface area contributed by atoms with Crippen LogP contribution in [0.1, 0.15) is 17.2 Å². The molecule has 1 aliphatic rings. The third-order valence-electron chi connectivity index (χ3n) is 4.84. The quantitative estimate of drug-likeness (QED) is 0.628. The number of ether oxygens (including phenoxy) is 1. The van der Waals surface area contributed by atoms with E-state index < -0.39 is 0 Å². The number of imidazole rings is 1. The molecule has 0 radical (unpaired) electrons. The van der Waals surface area contributed by atoms with Crippen molar-refractivity contribution in [1.29, 1.82) is 0 Å². The molecule has 4 rings (SSSR count). The van der Waals surface area contributed by atoms with Gasteiger partial charge in [0, 0.05) is 43.1 Å². The van der Waals surface area contributed by atoms with E-state index in [0.29, 0.717) is 5.95 Å². The first-order valence-corrected chi connectivity index (χ1v) is 9.34. The zero-order chi connectivity index (χ0) is 19.7. The van der Waals surface area contributed by atoms with E-state index in [1.54, 1.807) is 7.11 Å². The second-order valence-electron chi connectivity index (χ2n) is 6.80. The van der Waals surface area contributed by atoms with Crippen LogP contribution < -0.4 is 20.7 Å². The summed E-state index contributed by atoms with van der Waals surface area (Å²) in [6, 6.07) is 7.91. The molecule has 8 heteroatoms. The molecule has 146 valence electrons. The molecule has 0 saturated carbocycles. The standard InChI is InChI=1S/C20H25N7O/c1-12-9-17(21-3)26-20(23-12)25-14-5-6-16(28-4)15(10-14)19-13(2)24-18-11-22-7-8-27(18)19/h5-6,9-10,22H,7-8,11H2,1-4H3,(H2,21,23,25,26). The third kappa shape index (κ3) is 3.38. The molecule has 0 fully saturated rings. The normalized spacial score (nSPS) is 13.1. The second kappa shape index (κ2) is 7.47. The molecule has 0 spiro atoms. The van der Waals surface area contributed by atoms with Gasteiger partial charge in [-0.1, -0.05) is 0 Å². The lowest BCUT2D eigenvalue weighted by atomic mass is 10.1. The highest BCUT2D eigenvalue weighted by Gasteiger charge is 2.21. The number of benzene rings is 1. The number of rotatable bonds is 5. The predicted octanol–water partition coefficient (Wildman–Crippen LogP) is 2.85. The van der Waals surface area contributed by atoms with E-state index in [9.17, 15) is 0 Å². The molecular weight excluding hydrogens is 354 g/mol. The molecule has 0 bridgehead atoms. The molecule has 0 unspecified atom stereocenters. The summed E-state index contributed by atoms with van der Waals surface area (Å²) in [4.78, 5) is 13.7. The molecule has 0 saturated heterocycles. The molecule has 3 heterocycles. The number of aryl methyl sites for hydroxylation is 2. The van der Waals surface area contributed by atoms with Gasteiger partial charge in [-0.2, -0.15) is 4.98 Å². The predicted molar refractivity (Wildman–Crippen MR) is 110 cm³/mol. The number of nitrogens with one attached hydrogen (secondary N) is 3. The summed E-state index contributed by atoms with van der Waals surface area (Å²) >= 11 is 0. The van der Waals surface area contributed by atoms with Crippen LogP contribution >= 0.6 is 0 Å². The number of methoxy groups -OCH3 is 1. The van der Waals surface area contributed by atoms with Crippen molar-refractivity contribution in [2.24, 2.45) is 0 Å². The number of nitrogens with zero attached hydrogens (tertiary/aromatic N) is 4. The van der Waals surface area contributed by atoms with E-state index in [1.165, 1.54) is 0 Å². The van der Waals surface area contributed by atoms with Crippen molar-refractivity contribution in [2.75, 3.05) is 31.3 Å². The molecular formula is C20H25N7O. The summed E-state index contributed by atoms with van der Waals surface area (Å²) in [5.74, 6) is 3.20. The van der Waals surface area contributed by atoms with E-state index in [4.69, 9.17) is 9.72 Å². The minimum Gasteiger partial charge on any atom is -0.496 e. The highest BCUT2D eigenvalue weighted by Crippen LogP contribution is 2.36. The van der Waals surface area contributed by atoms with E-state index in [1.807, 2.05) is 39.1 Å². The Kier molecular flexibility index (Phi) is 4.87. The largest absolute Gasteiger partial charge is 0.496 e.